The van der Waals surface area contributed by atoms with Crippen molar-refractivity contribution in [1.29, 1.82) is 0 Å². The highest BCUT2D eigenvalue weighted by atomic mass is 16.2. The van der Waals surface area contributed by atoms with E-state index in [-0.39, 0.29) is 5.78 Å². The van der Waals surface area contributed by atoms with E-state index in [1.807, 2.05) is 87.5 Å². The molecule has 0 aliphatic carbocycles. The number of hydrogen-bond donors (Lipinski definition) is 0. The van der Waals surface area contributed by atoms with Crippen molar-refractivity contribution in [2.75, 3.05) is 0 Å². The molecule has 158 valence electrons. The molecule has 0 radical (unpaired) electrons. The number of benzene rings is 3. The first-order valence-electron chi connectivity index (χ1n) is 10.4. The quantitative estimate of drug-likeness (QED) is 0.335. The van der Waals surface area contributed by atoms with Crippen LogP contribution in [-0.4, -0.2) is 21.2 Å². The van der Waals surface area contributed by atoms with Crippen LogP contribution in [0.15, 0.2) is 95.0 Å². The zero-order valence-electron chi connectivity index (χ0n) is 18.2. The van der Waals surface area contributed by atoms with Crippen molar-refractivity contribution in [2.24, 2.45) is 5.10 Å². The Morgan fingerprint density at radius 2 is 1.41 bits per heavy atom. The van der Waals surface area contributed by atoms with Gasteiger partial charge in [0.15, 0.2) is 5.78 Å². The zero-order valence-corrected chi connectivity index (χ0v) is 18.2. The molecule has 0 bridgehead atoms. The fourth-order valence-corrected chi connectivity index (χ4v) is 3.37. The number of carbonyl (C=O) groups is 1. The molecule has 0 spiro atoms. The molecule has 0 N–H and O–H groups in total. The van der Waals surface area contributed by atoms with Crippen molar-refractivity contribution in [1.82, 2.24) is 9.66 Å². The number of nitrogens with zero attached hydrogens (tertiary/aromatic N) is 3. The molecule has 4 rings (SSSR count). The number of carbonyl (C=O) groups excluding carboxylic acids is 1. The first-order valence-corrected chi connectivity index (χ1v) is 10.4. The summed E-state index contributed by atoms with van der Waals surface area (Å²) < 4.78 is 1.14. The minimum atomic E-state index is -0.545. The highest BCUT2D eigenvalue weighted by molar-refractivity contribution is 6.12. The molecule has 32 heavy (non-hydrogen) atoms. The lowest BCUT2D eigenvalue weighted by atomic mass is 9.98. The molecule has 0 atom stereocenters. The van der Waals surface area contributed by atoms with Crippen LogP contribution in [0.2, 0.25) is 0 Å². The minimum absolute atomic E-state index is 0.214. The van der Waals surface area contributed by atoms with E-state index in [1.165, 1.54) is 6.20 Å². The molecule has 1 heterocycles. The average molecular weight is 422 g/mol. The predicted octanol–water partition coefficient (Wildman–Crippen LogP) is 5.03. The van der Waals surface area contributed by atoms with Crippen molar-refractivity contribution in [3.8, 4) is 11.3 Å². The van der Waals surface area contributed by atoms with Gasteiger partial charge in [0.05, 0.1) is 17.0 Å². The molecule has 0 amide bonds. The van der Waals surface area contributed by atoms with E-state index < -0.39 is 5.69 Å². The normalized spacial score (nSPS) is 11.4. The number of ketones is 1. The van der Waals surface area contributed by atoms with Crippen molar-refractivity contribution in [3.05, 3.63) is 123 Å². The highest BCUT2D eigenvalue weighted by Gasteiger charge is 2.19. The summed E-state index contributed by atoms with van der Waals surface area (Å²) in [6.45, 7) is 5.76. The van der Waals surface area contributed by atoms with E-state index in [4.69, 9.17) is 0 Å². The van der Waals surface area contributed by atoms with Crippen molar-refractivity contribution < 1.29 is 4.79 Å². The third-order valence-corrected chi connectivity index (χ3v) is 5.24. The van der Waals surface area contributed by atoms with Gasteiger partial charge in [0.1, 0.15) is 0 Å². The van der Waals surface area contributed by atoms with Crippen LogP contribution in [0.25, 0.3) is 11.3 Å². The smallest absolute Gasteiger partial charge is 0.288 e. The Bertz CT molecular complexity index is 1350. The Balaban J connectivity index is 1.88. The van der Waals surface area contributed by atoms with Gasteiger partial charge < -0.3 is 0 Å². The van der Waals surface area contributed by atoms with E-state index in [9.17, 15) is 9.59 Å². The molecule has 0 fully saturated rings. The zero-order chi connectivity index (χ0) is 22.7. The lowest BCUT2D eigenvalue weighted by Crippen LogP contribution is -2.24. The Morgan fingerprint density at radius 1 is 0.812 bits per heavy atom. The van der Waals surface area contributed by atoms with Crippen LogP contribution >= 0.6 is 0 Å². The predicted molar refractivity (Wildman–Crippen MR) is 127 cm³/mol. The fraction of sp³-hybridized carbons (Fsp3) is 0.111. The number of aryl methyl sites for hydroxylation is 2. The number of aromatic nitrogens is 2. The minimum Gasteiger partial charge on any atom is -0.288 e. The van der Waals surface area contributed by atoms with Gasteiger partial charge in [0.2, 0.25) is 0 Å². The van der Waals surface area contributed by atoms with Crippen LogP contribution in [0, 0.1) is 13.8 Å². The first-order chi connectivity index (χ1) is 15.4. The van der Waals surface area contributed by atoms with Crippen molar-refractivity contribution >= 4 is 11.5 Å². The maximum absolute atomic E-state index is 13.4. The lowest BCUT2D eigenvalue weighted by molar-refractivity contribution is 0.103. The summed E-state index contributed by atoms with van der Waals surface area (Å²) in [6.07, 6.45) is 1.49. The second-order valence-corrected chi connectivity index (χ2v) is 7.74. The van der Waals surface area contributed by atoms with Crippen LogP contribution in [0.1, 0.15) is 39.5 Å². The van der Waals surface area contributed by atoms with Gasteiger partial charge in [-0.2, -0.15) is 14.8 Å². The Hall–Kier alpha value is -4.12. The van der Waals surface area contributed by atoms with Crippen LogP contribution in [0.3, 0.4) is 0 Å². The van der Waals surface area contributed by atoms with Crippen molar-refractivity contribution in [3.63, 3.8) is 0 Å². The molecule has 5 nitrogen and oxygen atoms in total. The third kappa shape index (κ3) is 4.47. The largest absolute Gasteiger partial charge is 0.368 e. The summed E-state index contributed by atoms with van der Waals surface area (Å²) in [6, 6.07) is 24.5. The molecule has 0 aliphatic rings. The summed E-state index contributed by atoms with van der Waals surface area (Å²) in [7, 11) is 0. The summed E-state index contributed by atoms with van der Waals surface area (Å²) in [5.74, 6) is -0.214. The molecule has 0 saturated heterocycles. The number of rotatable bonds is 5. The van der Waals surface area contributed by atoms with Gasteiger partial charge in [-0.15, -0.1) is 0 Å². The average Bonchev–Trinajstić information content (AvgIpc) is 2.81. The lowest BCUT2D eigenvalue weighted by Gasteiger charge is -2.11. The highest BCUT2D eigenvalue weighted by Crippen LogP contribution is 2.23. The Kier molecular flexibility index (Phi) is 5.90. The second kappa shape index (κ2) is 8.94. The van der Waals surface area contributed by atoms with Gasteiger partial charge in [-0.05, 0) is 26.3 Å². The first kappa shape index (κ1) is 21.1. The maximum atomic E-state index is 13.4. The van der Waals surface area contributed by atoms with Gasteiger partial charge in [0.25, 0.3) is 0 Å². The standard InChI is InChI=1S/C27H23N3O2/c1-18-9-13-22(14-10-18)25-24(26(31)23-15-11-19(2)12-16-23)17-30(27(32)28-25)29-20(3)21-7-5-4-6-8-21/h4-17H,1-3H3/b29-20+. The van der Waals surface area contributed by atoms with E-state index in [0.717, 1.165) is 21.4 Å². The summed E-state index contributed by atoms with van der Waals surface area (Å²) in [5.41, 5.74) is 5.03. The van der Waals surface area contributed by atoms with Crippen molar-refractivity contribution in [2.45, 2.75) is 20.8 Å². The summed E-state index contributed by atoms with van der Waals surface area (Å²) in [5, 5.41) is 4.43. The molecule has 0 aliphatic heterocycles. The molecule has 4 aromatic rings. The van der Waals surface area contributed by atoms with E-state index in [0.29, 0.717) is 28.1 Å². The van der Waals surface area contributed by atoms with E-state index in [1.54, 1.807) is 12.1 Å². The van der Waals surface area contributed by atoms with E-state index in [2.05, 4.69) is 10.1 Å². The van der Waals surface area contributed by atoms with Gasteiger partial charge in [-0.3, -0.25) is 4.79 Å². The maximum Gasteiger partial charge on any atom is 0.368 e. The van der Waals surface area contributed by atoms with Crippen LogP contribution in [-0.2, 0) is 0 Å². The van der Waals surface area contributed by atoms with Crippen LogP contribution in [0.4, 0.5) is 0 Å². The summed E-state index contributed by atoms with van der Waals surface area (Å²) in [4.78, 5) is 30.5. The fourth-order valence-electron chi connectivity index (χ4n) is 3.37. The van der Waals surface area contributed by atoms with Crippen LogP contribution < -0.4 is 5.69 Å². The third-order valence-electron chi connectivity index (χ3n) is 5.24. The molecular formula is C27H23N3O2. The van der Waals surface area contributed by atoms with Gasteiger partial charge in [-0.1, -0.05) is 90.0 Å². The van der Waals surface area contributed by atoms with E-state index >= 15 is 0 Å². The Morgan fingerprint density at radius 3 is 2.03 bits per heavy atom. The topological polar surface area (TPSA) is 64.3 Å². The van der Waals surface area contributed by atoms with Gasteiger partial charge in [0, 0.05) is 17.3 Å². The summed E-state index contributed by atoms with van der Waals surface area (Å²) >= 11 is 0. The monoisotopic (exact) mass is 421 g/mol. The molecule has 0 unspecified atom stereocenters. The SMILES string of the molecule is C/C(=N\n1cc(C(=O)c2ccc(C)cc2)c(-c2ccc(C)cc2)nc1=O)c1ccccc1. The van der Waals surface area contributed by atoms with Gasteiger partial charge in [-0.25, -0.2) is 4.79 Å². The second-order valence-electron chi connectivity index (χ2n) is 7.74. The molecule has 1 aromatic heterocycles. The molecular weight excluding hydrogens is 398 g/mol. The number of hydrogen-bond acceptors (Lipinski definition) is 4. The van der Waals surface area contributed by atoms with Gasteiger partial charge >= 0.3 is 5.69 Å². The molecule has 5 heteroatoms. The molecule has 3 aromatic carbocycles. The molecule has 0 saturated carbocycles. The van der Waals surface area contributed by atoms with Crippen LogP contribution in [0.5, 0.6) is 0 Å². The Labute approximate surface area is 186 Å².